The number of anilines is 1. The van der Waals surface area contributed by atoms with E-state index in [1.807, 2.05) is 32.3 Å². The van der Waals surface area contributed by atoms with Gasteiger partial charge in [0.25, 0.3) is 0 Å². The van der Waals surface area contributed by atoms with E-state index in [1.54, 1.807) is 0 Å². The van der Waals surface area contributed by atoms with Gasteiger partial charge in [-0.05, 0) is 42.5 Å². The standard InChI is InChI=1S/C18H19FN2O/c1-20(2)16-4-6-17(7-5-16)21-12-14-3-8-18(22-10-9-19)11-15(14)13-21/h3-8,11-13H,9-10H2,1-2H3. The van der Waals surface area contributed by atoms with Crippen LogP contribution in [0.15, 0.2) is 54.9 Å². The van der Waals surface area contributed by atoms with Crippen molar-refractivity contribution in [1.29, 1.82) is 0 Å². The summed E-state index contributed by atoms with van der Waals surface area (Å²) >= 11 is 0. The predicted molar refractivity (Wildman–Crippen MR) is 89.1 cm³/mol. The number of hydrogen-bond acceptors (Lipinski definition) is 2. The average Bonchev–Trinajstić information content (AvgIpc) is 2.96. The summed E-state index contributed by atoms with van der Waals surface area (Å²) in [6.45, 7) is -0.379. The molecule has 0 unspecified atom stereocenters. The molecule has 114 valence electrons. The van der Waals surface area contributed by atoms with Crippen LogP contribution in [0.25, 0.3) is 16.5 Å². The van der Waals surface area contributed by atoms with Crippen molar-refractivity contribution in [3.8, 4) is 11.4 Å². The lowest BCUT2D eigenvalue weighted by molar-refractivity contribution is 0.273. The van der Waals surface area contributed by atoms with Gasteiger partial charge >= 0.3 is 0 Å². The van der Waals surface area contributed by atoms with Gasteiger partial charge in [0.1, 0.15) is 19.0 Å². The van der Waals surface area contributed by atoms with E-state index in [0.717, 1.165) is 16.5 Å². The monoisotopic (exact) mass is 298 g/mol. The number of halogens is 1. The number of benzene rings is 2. The van der Waals surface area contributed by atoms with Crippen LogP contribution in [0.2, 0.25) is 0 Å². The van der Waals surface area contributed by atoms with Crippen LogP contribution in [0.3, 0.4) is 0 Å². The second-order valence-electron chi connectivity index (χ2n) is 5.40. The van der Waals surface area contributed by atoms with Crippen LogP contribution in [-0.2, 0) is 0 Å². The molecule has 22 heavy (non-hydrogen) atoms. The molecule has 0 saturated carbocycles. The zero-order chi connectivity index (χ0) is 15.5. The van der Waals surface area contributed by atoms with Crippen molar-refractivity contribution in [2.45, 2.75) is 0 Å². The third kappa shape index (κ3) is 2.91. The molecule has 3 rings (SSSR count). The molecular formula is C18H19FN2O. The van der Waals surface area contributed by atoms with E-state index in [9.17, 15) is 4.39 Å². The van der Waals surface area contributed by atoms with Gasteiger partial charge in [-0.25, -0.2) is 4.39 Å². The van der Waals surface area contributed by atoms with E-state index in [1.165, 1.54) is 5.69 Å². The van der Waals surface area contributed by atoms with Crippen molar-refractivity contribution in [2.75, 3.05) is 32.3 Å². The van der Waals surface area contributed by atoms with Crippen LogP contribution < -0.4 is 9.64 Å². The van der Waals surface area contributed by atoms with E-state index in [4.69, 9.17) is 4.74 Å². The molecule has 0 aliphatic carbocycles. The zero-order valence-corrected chi connectivity index (χ0v) is 12.8. The lowest BCUT2D eigenvalue weighted by atomic mass is 10.2. The van der Waals surface area contributed by atoms with Crippen molar-refractivity contribution in [1.82, 2.24) is 4.57 Å². The van der Waals surface area contributed by atoms with Crippen LogP contribution >= 0.6 is 0 Å². The smallest absolute Gasteiger partial charge is 0.123 e. The van der Waals surface area contributed by atoms with Crippen LogP contribution in [0, 0.1) is 0 Å². The number of aromatic nitrogens is 1. The van der Waals surface area contributed by atoms with E-state index >= 15 is 0 Å². The van der Waals surface area contributed by atoms with E-state index in [-0.39, 0.29) is 6.61 Å². The van der Waals surface area contributed by atoms with Gasteiger partial charge in [-0.3, -0.25) is 0 Å². The van der Waals surface area contributed by atoms with E-state index in [2.05, 4.69) is 46.1 Å². The molecule has 0 spiro atoms. The van der Waals surface area contributed by atoms with Crippen LogP contribution in [0.1, 0.15) is 0 Å². The largest absolute Gasteiger partial charge is 0.491 e. The summed E-state index contributed by atoms with van der Waals surface area (Å²) < 4.78 is 19.6. The molecule has 4 heteroatoms. The summed E-state index contributed by atoms with van der Waals surface area (Å²) in [5, 5.41) is 2.21. The second kappa shape index (κ2) is 6.10. The number of ether oxygens (including phenoxy) is 1. The fourth-order valence-corrected chi connectivity index (χ4v) is 2.44. The molecule has 0 bridgehead atoms. The molecule has 1 heterocycles. The van der Waals surface area contributed by atoms with Gasteiger partial charge in [0.15, 0.2) is 0 Å². The molecule has 0 aliphatic heterocycles. The number of nitrogens with zero attached hydrogens (tertiary/aromatic N) is 2. The average molecular weight is 298 g/mol. The minimum atomic E-state index is -0.475. The summed E-state index contributed by atoms with van der Waals surface area (Å²) in [6.07, 6.45) is 4.14. The van der Waals surface area contributed by atoms with Gasteiger partial charge in [0.2, 0.25) is 0 Å². The van der Waals surface area contributed by atoms with Crippen molar-refractivity contribution in [3.05, 3.63) is 54.9 Å². The van der Waals surface area contributed by atoms with Crippen LogP contribution in [0.4, 0.5) is 10.1 Å². The maximum atomic E-state index is 12.2. The highest BCUT2D eigenvalue weighted by Crippen LogP contribution is 2.24. The van der Waals surface area contributed by atoms with Crippen molar-refractivity contribution < 1.29 is 9.13 Å². The minimum absolute atomic E-state index is 0.0954. The molecule has 3 nitrogen and oxygen atoms in total. The van der Waals surface area contributed by atoms with Gasteiger partial charge in [0.05, 0.1) is 0 Å². The Labute approximate surface area is 129 Å². The fourth-order valence-electron chi connectivity index (χ4n) is 2.44. The third-order valence-electron chi connectivity index (χ3n) is 3.62. The topological polar surface area (TPSA) is 17.4 Å². The van der Waals surface area contributed by atoms with E-state index in [0.29, 0.717) is 5.75 Å². The maximum Gasteiger partial charge on any atom is 0.123 e. The Morgan fingerprint density at radius 1 is 1.00 bits per heavy atom. The minimum Gasteiger partial charge on any atom is -0.491 e. The first kappa shape index (κ1) is 14.4. The Morgan fingerprint density at radius 2 is 1.73 bits per heavy atom. The summed E-state index contributed by atoms with van der Waals surface area (Å²) in [7, 11) is 4.05. The molecule has 0 aliphatic rings. The van der Waals surface area contributed by atoms with Gasteiger partial charge in [-0.2, -0.15) is 0 Å². The van der Waals surface area contributed by atoms with Gasteiger partial charge in [0, 0.05) is 48.6 Å². The summed E-state index contributed by atoms with van der Waals surface area (Å²) in [4.78, 5) is 2.07. The Bertz CT molecular complexity index is 762. The van der Waals surface area contributed by atoms with Gasteiger partial charge < -0.3 is 14.2 Å². The SMILES string of the molecule is CN(C)c1ccc(-n2cc3ccc(OCCF)cc3c2)cc1. The zero-order valence-electron chi connectivity index (χ0n) is 12.8. The number of rotatable bonds is 5. The van der Waals surface area contributed by atoms with Crippen molar-refractivity contribution in [2.24, 2.45) is 0 Å². The molecule has 2 aromatic carbocycles. The lowest BCUT2D eigenvalue weighted by Crippen LogP contribution is -2.08. The predicted octanol–water partition coefficient (Wildman–Crippen LogP) is 4.04. The number of alkyl halides is 1. The van der Waals surface area contributed by atoms with Crippen LogP contribution in [0.5, 0.6) is 5.75 Å². The first-order valence-corrected chi connectivity index (χ1v) is 7.25. The summed E-state index contributed by atoms with van der Waals surface area (Å²) in [5.74, 6) is 0.700. The van der Waals surface area contributed by atoms with E-state index < -0.39 is 6.67 Å². The Kier molecular flexibility index (Phi) is 4.00. The molecular weight excluding hydrogens is 279 g/mol. The Hall–Kier alpha value is -2.49. The van der Waals surface area contributed by atoms with Crippen LogP contribution in [-0.4, -0.2) is 31.9 Å². The molecule has 1 aromatic heterocycles. The van der Waals surface area contributed by atoms with Gasteiger partial charge in [-0.1, -0.05) is 0 Å². The Morgan fingerprint density at radius 3 is 2.41 bits per heavy atom. The first-order valence-electron chi connectivity index (χ1n) is 7.25. The van der Waals surface area contributed by atoms with Gasteiger partial charge in [-0.15, -0.1) is 0 Å². The van der Waals surface area contributed by atoms with Crippen molar-refractivity contribution in [3.63, 3.8) is 0 Å². The molecule has 3 aromatic rings. The molecule has 0 radical (unpaired) electrons. The third-order valence-corrected chi connectivity index (χ3v) is 3.62. The molecule has 0 atom stereocenters. The highest BCUT2D eigenvalue weighted by Gasteiger charge is 2.04. The molecule has 0 amide bonds. The molecule has 0 fully saturated rings. The van der Waals surface area contributed by atoms with Crippen molar-refractivity contribution >= 4 is 16.5 Å². The highest BCUT2D eigenvalue weighted by atomic mass is 19.1. The fraction of sp³-hybridized carbons (Fsp3) is 0.222. The summed E-state index contributed by atoms with van der Waals surface area (Å²) in [6, 6.07) is 14.2. The maximum absolute atomic E-state index is 12.2. The molecule has 0 saturated heterocycles. The number of hydrogen-bond donors (Lipinski definition) is 0. The second-order valence-corrected chi connectivity index (χ2v) is 5.40. The quantitative estimate of drug-likeness (QED) is 0.707. The molecule has 0 N–H and O–H groups in total. The number of fused-ring (bicyclic) bond motifs is 1. The first-order chi connectivity index (χ1) is 10.7. The normalized spacial score (nSPS) is 10.9. The highest BCUT2D eigenvalue weighted by molar-refractivity contribution is 5.84. The lowest BCUT2D eigenvalue weighted by Gasteiger charge is -2.12. The summed E-state index contributed by atoms with van der Waals surface area (Å²) in [5.41, 5.74) is 2.27. The Balaban J connectivity index is 1.90.